The van der Waals surface area contributed by atoms with Gasteiger partial charge in [-0.05, 0) is 109 Å². The van der Waals surface area contributed by atoms with Crippen LogP contribution >= 0.6 is 7.82 Å². The average Bonchev–Trinajstić information content (AvgIpc) is 3.34. The summed E-state index contributed by atoms with van der Waals surface area (Å²) < 4.78 is 34.1. The molecular weight excluding hydrogens is 918 g/mol. The van der Waals surface area contributed by atoms with E-state index in [0.29, 0.717) is 23.9 Å². The minimum Gasteiger partial charge on any atom is -0.756 e. The maximum atomic E-state index is 12.8. The van der Waals surface area contributed by atoms with Gasteiger partial charge in [0.1, 0.15) is 19.8 Å². The molecule has 0 aliphatic carbocycles. The molecule has 2 atom stereocenters. The highest BCUT2D eigenvalue weighted by Crippen LogP contribution is 2.38. The minimum atomic E-state index is -4.65. The molecule has 0 aromatic heterocycles. The fourth-order valence-corrected chi connectivity index (χ4v) is 7.65. The van der Waals surface area contributed by atoms with Crippen LogP contribution in [0.2, 0.25) is 0 Å². The lowest BCUT2D eigenvalue weighted by atomic mass is 10.1. The van der Waals surface area contributed by atoms with Crippen molar-refractivity contribution in [2.24, 2.45) is 0 Å². The second-order valence-electron chi connectivity index (χ2n) is 19.2. The number of nitrogens with zero attached hydrogens (tertiary/aromatic N) is 1. The van der Waals surface area contributed by atoms with Crippen molar-refractivity contribution in [1.29, 1.82) is 0 Å². The lowest BCUT2D eigenvalue weighted by Gasteiger charge is -2.28. The van der Waals surface area contributed by atoms with E-state index < -0.39 is 32.5 Å². The Morgan fingerprint density at radius 2 is 0.750 bits per heavy atom. The van der Waals surface area contributed by atoms with Crippen LogP contribution in [0.5, 0.6) is 0 Å². The van der Waals surface area contributed by atoms with Crippen LogP contribution in [0.25, 0.3) is 0 Å². The molecule has 0 heterocycles. The molecule has 0 radical (unpaired) electrons. The number of carbonyl (C=O) groups is 2. The zero-order valence-electron chi connectivity index (χ0n) is 46.1. The average molecular weight is 1020 g/mol. The smallest absolute Gasteiger partial charge is 0.306 e. The van der Waals surface area contributed by atoms with Gasteiger partial charge in [0.25, 0.3) is 7.82 Å². The van der Waals surface area contributed by atoms with Crippen LogP contribution in [-0.4, -0.2) is 70.0 Å². The summed E-state index contributed by atoms with van der Waals surface area (Å²) in [6.45, 7) is 3.95. The second kappa shape index (κ2) is 52.0. The molecule has 0 fully saturated rings. The summed E-state index contributed by atoms with van der Waals surface area (Å²) in [4.78, 5) is 37.9. The van der Waals surface area contributed by atoms with E-state index in [9.17, 15) is 19.0 Å². The Hall–Kier alpha value is -3.85. The van der Waals surface area contributed by atoms with Crippen molar-refractivity contribution < 1.29 is 42.1 Å². The van der Waals surface area contributed by atoms with E-state index in [1.807, 2.05) is 21.1 Å². The van der Waals surface area contributed by atoms with E-state index in [2.05, 4.69) is 148 Å². The van der Waals surface area contributed by atoms with Crippen LogP contribution < -0.4 is 4.89 Å². The summed E-state index contributed by atoms with van der Waals surface area (Å²) in [5, 5.41) is 0. The summed E-state index contributed by atoms with van der Waals surface area (Å²) in [7, 11) is 1.12. The molecule has 0 rings (SSSR count). The van der Waals surface area contributed by atoms with Crippen molar-refractivity contribution in [2.45, 2.75) is 200 Å². The van der Waals surface area contributed by atoms with E-state index in [4.69, 9.17) is 18.5 Å². The number of phosphoric ester groups is 1. The number of ether oxygens (including phenoxy) is 2. The standard InChI is InChI=1S/C62H102NO8P/c1-6-8-10-12-14-16-18-20-22-24-26-28-29-30-31-32-33-35-37-39-41-43-45-47-49-51-53-55-62(65)71-60(59-70-72(66,67)69-57-56-63(3,4)5)58-68-61(64)54-52-50-48-46-44-42-40-38-36-34-27-25-23-21-19-17-15-13-11-9-7-2/h8-11,14-17,20-23,26-28,30-31,33-35,38,40,60H,6-7,12-13,18-19,24-25,29,32,36-37,39,41-59H2,1-5H3/b10-8-,11-9-,16-14-,17-15-,22-20-,23-21-,28-26-,31-30-,34-27-,35-33-,40-38-. The zero-order chi connectivity index (χ0) is 52.7. The number of quaternary nitrogens is 1. The number of likely N-dealkylation sites (N-methyl/N-ethyl adjacent to an activating group) is 1. The second-order valence-corrected chi connectivity index (χ2v) is 20.6. The first kappa shape index (κ1) is 68.2. The van der Waals surface area contributed by atoms with Gasteiger partial charge in [-0.15, -0.1) is 0 Å². The van der Waals surface area contributed by atoms with Crippen LogP contribution in [0.1, 0.15) is 194 Å². The van der Waals surface area contributed by atoms with Gasteiger partial charge in [0.15, 0.2) is 6.10 Å². The van der Waals surface area contributed by atoms with E-state index in [0.717, 1.165) is 128 Å². The van der Waals surface area contributed by atoms with Crippen LogP contribution in [0.15, 0.2) is 134 Å². The summed E-state index contributed by atoms with van der Waals surface area (Å²) in [6, 6.07) is 0. The molecule has 0 saturated carbocycles. The number of unbranched alkanes of at least 4 members (excludes halogenated alkanes) is 13. The van der Waals surface area contributed by atoms with Crippen LogP contribution in [0.3, 0.4) is 0 Å². The minimum absolute atomic E-state index is 0.0442. The van der Waals surface area contributed by atoms with Crippen molar-refractivity contribution in [3.63, 3.8) is 0 Å². The molecule has 0 aliphatic heterocycles. The predicted molar refractivity (Wildman–Crippen MR) is 304 cm³/mol. The SMILES string of the molecule is CC/C=C\C/C=C\C/C=C\C/C=C\C/C=C\C/C=C\CCCCCCCCCCC(=O)OC(COC(=O)CCCCCCC/C=C\C/C=C\C/C=C\C/C=C\C/C=C\CC)COP(=O)([O-])OCC[N+](C)(C)C. The fraction of sp³-hybridized carbons (Fsp3) is 0.613. The van der Waals surface area contributed by atoms with Gasteiger partial charge in [-0.2, -0.15) is 0 Å². The maximum Gasteiger partial charge on any atom is 0.306 e. The van der Waals surface area contributed by atoms with E-state index in [1.54, 1.807) is 0 Å². The fourth-order valence-electron chi connectivity index (χ4n) is 6.92. The molecular formula is C62H102NO8P. The molecule has 9 nitrogen and oxygen atoms in total. The Morgan fingerprint density at radius 1 is 0.431 bits per heavy atom. The molecule has 0 bridgehead atoms. The van der Waals surface area contributed by atoms with Gasteiger partial charge < -0.3 is 27.9 Å². The van der Waals surface area contributed by atoms with Crippen molar-refractivity contribution in [3.05, 3.63) is 134 Å². The molecule has 0 aliphatic rings. The number of allylic oxidation sites excluding steroid dienone is 22. The maximum absolute atomic E-state index is 12.8. The lowest BCUT2D eigenvalue weighted by molar-refractivity contribution is -0.870. The molecule has 0 amide bonds. The molecule has 72 heavy (non-hydrogen) atoms. The Balaban J connectivity index is 4.29. The highest BCUT2D eigenvalue weighted by molar-refractivity contribution is 7.45. The molecule has 0 spiro atoms. The van der Waals surface area contributed by atoms with Gasteiger partial charge >= 0.3 is 11.9 Å². The van der Waals surface area contributed by atoms with Crippen molar-refractivity contribution in [1.82, 2.24) is 0 Å². The van der Waals surface area contributed by atoms with Crippen molar-refractivity contribution in [2.75, 3.05) is 47.5 Å². The monoisotopic (exact) mass is 1020 g/mol. The topological polar surface area (TPSA) is 111 Å². The highest BCUT2D eigenvalue weighted by atomic mass is 31.2. The Labute approximate surface area is 441 Å². The van der Waals surface area contributed by atoms with Crippen LogP contribution in [-0.2, 0) is 32.7 Å². The van der Waals surface area contributed by atoms with Crippen molar-refractivity contribution >= 4 is 19.8 Å². The summed E-state index contributed by atoms with van der Waals surface area (Å²) >= 11 is 0. The molecule has 0 saturated heterocycles. The summed E-state index contributed by atoms with van der Waals surface area (Å²) in [5.41, 5.74) is 0. The number of rotatable bonds is 49. The first-order chi connectivity index (χ1) is 35.0. The van der Waals surface area contributed by atoms with Gasteiger partial charge in [0, 0.05) is 12.8 Å². The Bertz CT molecular complexity index is 1670. The van der Waals surface area contributed by atoms with E-state index in [-0.39, 0.29) is 26.1 Å². The van der Waals surface area contributed by atoms with Crippen molar-refractivity contribution in [3.8, 4) is 0 Å². The molecule has 0 aromatic rings. The number of hydrogen-bond donors (Lipinski definition) is 0. The van der Waals surface area contributed by atoms with E-state index in [1.165, 1.54) is 25.7 Å². The van der Waals surface area contributed by atoms with Gasteiger partial charge in [0.2, 0.25) is 0 Å². The molecule has 0 aromatic carbocycles. The first-order valence-electron chi connectivity index (χ1n) is 27.9. The zero-order valence-corrected chi connectivity index (χ0v) is 47.0. The normalized spacial score (nSPS) is 14.4. The molecule has 10 heteroatoms. The molecule has 2 unspecified atom stereocenters. The summed E-state index contributed by atoms with van der Waals surface area (Å²) in [5.74, 6) is -0.877. The number of carbonyl (C=O) groups excluding carboxylic acids is 2. The van der Waals surface area contributed by atoms with Gasteiger partial charge in [0.05, 0.1) is 27.7 Å². The lowest BCUT2D eigenvalue weighted by Crippen LogP contribution is -2.37. The Kier molecular flexibility index (Phi) is 49.2. The van der Waals surface area contributed by atoms with Crippen LogP contribution in [0, 0.1) is 0 Å². The van der Waals surface area contributed by atoms with E-state index >= 15 is 0 Å². The molecule has 408 valence electrons. The van der Waals surface area contributed by atoms with Gasteiger partial charge in [-0.1, -0.05) is 205 Å². The quantitative estimate of drug-likeness (QED) is 0.0195. The predicted octanol–water partition coefficient (Wildman–Crippen LogP) is 16.7. The Morgan fingerprint density at radius 3 is 1.11 bits per heavy atom. The third kappa shape index (κ3) is 55.5. The number of phosphoric acid groups is 1. The van der Waals surface area contributed by atoms with Gasteiger partial charge in [-0.25, -0.2) is 0 Å². The third-order valence-electron chi connectivity index (χ3n) is 11.2. The van der Waals surface area contributed by atoms with Gasteiger partial charge in [-0.3, -0.25) is 14.2 Å². The summed E-state index contributed by atoms with van der Waals surface area (Å²) in [6.07, 6.45) is 74.8. The molecule has 0 N–H and O–H groups in total. The highest BCUT2D eigenvalue weighted by Gasteiger charge is 2.21. The first-order valence-corrected chi connectivity index (χ1v) is 29.4. The third-order valence-corrected chi connectivity index (χ3v) is 12.1. The number of esters is 2. The number of hydrogen-bond acceptors (Lipinski definition) is 8. The van der Waals surface area contributed by atoms with Crippen LogP contribution in [0.4, 0.5) is 0 Å². The largest absolute Gasteiger partial charge is 0.756 e.